The van der Waals surface area contributed by atoms with Gasteiger partial charge in [-0.1, -0.05) is 17.8 Å². The average Bonchev–Trinajstić information content (AvgIpc) is 3.21. The zero-order valence-electron chi connectivity index (χ0n) is 12.3. The third-order valence-electron chi connectivity index (χ3n) is 3.00. The number of para-hydroxylation sites is 1. The van der Waals surface area contributed by atoms with Crippen LogP contribution in [0.15, 0.2) is 50.7 Å². The van der Waals surface area contributed by atoms with E-state index in [4.69, 9.17) is 8.83 Å². The Morgan fingerprint density at radius 1 is 1.21 bits per heavy atom. The molecule has 124 valence electrons. The van der Waals surface area contributed by atoms with E-state index in [1.807, 2.05) is 0 Å². The van der Waals surface area contributed by atoms with Crippen molar-refractivity contribution in [2.24, 2.45) is 0 Å². The highest BCUT2D eigenvalue weighted by Crippen LogP contribution is 2.27. The Labute approximate surface area is 139 Å². The Hall–Kier alpha value is -2.68. The van der Waals surface area contributed by atoms with Gasteiger partial charge in [0.1, 0.15) is 17.3 Å². The number of rotatable bonds is 5. The smallest absolute Gasteiger partial charge is 0.284 e. The maximum absolute atomic E-state index is 13.5. The first-order valence-corrected chi connectivity index (χ1v) is 7.71. The summed E-state index contributed by atoms with van der Waals surface area (Å²) >= 11 is 0.962. The van der Waals surface area contributed by atoms with Crippen LogP contribution in [-0.2, 0) is 4.79 Å². The second kappa shape index (κ2) is 6.83. The molecular formula is C15H11F2N3O3S. The van der Waals surface area contributed by atoms with Gasteiger partial charge >= 0.3 is 0 Å². The first-order valence-electron chi connectivity index (χ1n) is 6.83. The highest BCUT2D eigenvalue weighted by Gasteiger charge is 2.21. The first kappa shape index (κ1) is 16.2. The second-order valence-corrected chi connectivity index (χ2v) is 5.99. The SMILES string of the molecule is CC(Sc1nnc(-c2ccco2)o1)C(=O)Nc1c(F)cccc1F. The second-order valence-electron chi connectivity index (χ2n) is 4.70. The van der Waals surface area contributed by atoms with Gasteiger partial charge in [0.05, 0.1) is 11.5 Å². The van der Waals surface area contributed by atoms with Crippen molar-refractivity contribution in [3.63, 3.8) is 0 Å². The molecule has 3 rings (SSSR count). The molecule has 0 saturated carbocycles. The number of carbonyl (C=O) groups is 1. The lowest BCUT2D eigenvalue weighted by Gasteiger charge is -2.11. The number of halogens is 2. The normalized spacial score (nSPS) is 12.1. The average molecular weight is 351 g/mol. The van der Waals surface area contributed by atoms with Crippen molar-refractivity contribution in [2.45, 2.75) is 17.4 Å². The Bertz CT molecular complexity index is 831. The summed E-state index contributed by atoms with van der Waals surface area (Å²) in [4.78, 5) is 12.1. The van der Waals surface area contributed by atoms with Crippen LogP contribution in [-0.4, -0.2) is 21.4 Å². The van der Waals surface area contributed by atoms with Crippen molar-refractivity contribution in [1.82, 2.24) is 10.2 Å². The van der Waals surface area contributed by atoms with Crippen molar-refractivity contribution in [2.75, 3.05) is 5.32 Å². The number of carbonyl (C=O) groups excluding carboxylic acids is 1. The molecule has 24 heavy (non-hydrogen) atoms. The number of anilines is 1. The lowest BCUT2D eigenvalue weighted by Crippen LogP contribution is -2.23. The molecule has 1 unspecified atom stereocenters. The highest BCUT2D eigenvalue weighted by molar-refractivity contribution is 8.00. The van der Waals surface area contributed by atoms with E-state index in [-0.39, 0.29) is 11.1 Å². The maximum atomic E-state index is 13.5. The quantitative estimate of drug-likeness (QED) is 0.706. The minimum atomic E-state index is -0.849. The molecule has 0 radical (unpaired) electrons. The van der Waals surface area contributed by atoms with Gasteiger partial charge in [0, 0.05) is 0 Å². The summed E-state index contributed by atoms with van der Waals surface area (Å²) in [7, 11) is 0. The summed E-state index contributed by atoms with van der Waals surface area (Å²) in [6.45, 7) is 1.55. The van der Waals surface area contributed by atoms with E-state index in [0.29, 0.717) is 5.76 Å². The molecule has 1 aromatic carbocycles. The highest BCUT2D eigenvalue weighted by atomic mass is 32.2. The minimum Gasteiger partial charge on any atom is -0.459 e. The van der Waals surface area contributed by atoms with Gasteiger partial charge in [-0.2, -0.15) is 0 Å². The maximum Gasteiger partial charge on any atom is 0.284 e. The predicted octanol–water partition coefficient (Wildman–Crippen LogP) is 3.73. The molecule has 0 saturated heterocycles. The summed E-state index contributed by atoms with van der Waals surface area (Å²) < 4.78 is 37.6. The molecule has 3 aromatic rings. The number of hydrogen-bond donors (Lipinski definition) is 1. The Kier molecular flexibility index (Phi) is 4.61. The van der Waals surface area contributed by atoms with Crippen LogP contribution in [0.3, 0.4) is 0 Å². The summed E-state index contributed by atoms with van der Waals surface area (Å²) in [5.41, 5.74) is -0.489. The van der Waals surface area contributed by atoms with E-state index in [2.05, 4.69) is 15.5 Å². The van der Waals surface area contributed by atoms with E-state index in [9.17, 15) is 13.6 Å². The van der Waals surface area contributed by atoms with Gasteiger partial charge in [-0.05, 0) is 31.2 Å². The van der Waals surface area contributed by atoms with E-state index in [0.717, 1.165) is 23.9 Å². The van der Waals surface area contributed by atoms with Gasteiger partial charge in [-0.25, -0.2) is 8.78 Å². The summed E-state index contributed by atoms with van der Waals surface area (Å²) in [6, 6.07) is 6.66. The summed E-state index contributed by atoms with van der Waals surface area (Å²) in [5.74, 6) is -1.71. The fourth-order valence-electron chi connectivity index (χ4n) is 1.80. The topological polar surface area (TPSA) is 81.2 Å². The summed E-state index contributed by atoms with van der Waals surface area (Å²) in [6.07, 6.45) is 1.46. The zero-order valence-corrected chi connectivity index (χ0v) is 13.1. The first-order chi connectivity index (χ1) is 11.5. The van der Waals surface area contributed by atoms with Crippen molar-refractivity contribution < 1.29 is 22.4 Å². The predicted molar refractivity (Wildman–Crippen MR) is 82.3 cm³/mol. The van der Waals surface area contributed by atoms with Gasteiger partial charge in [-0.3, -0.25) is 4.79 Å². The Morgan fingerprint density at radius 2 is 1.96 bits per heavy atom. The molecule has 1 N–H and O–H groups in total. The molecule has 0 fully saturated rings. The van der Waals surface area contributed by atoms with Crippen LogP contribution < -0.4 is 5.32 Å². The van der Waals surface area contributed by atoms with Crippen molar-refractivity contribution in [1.29, 1.82) is 0 Å². The fourth-order valence-corrected chi connectivity index (χ4v) is 2.49. The standard InChI is InChI=1S/C15H11F2N3O3S/c1-8(13(21)18-12-9(16)4-2-5-10(12)17)24-15-20-19-14(23-15)11-6-3-7-22-11/h2-8H,1H3,(H,18,21). The van der Waals surface area contributed by atoms with Crippen LogP contribution in [0, 0.1) is 11.6 Å². The number of hydrogen-bond acceptors (Lipinski definition) is 6. The number of benzene rings is 1. The van der Waals surface area contributed by atoms with Crippen molar-refractivity contribution in [3.05, 3.63) is 48.2 Å². The molecule has 0 aliphatic carbocycles. The van der Waals surface area contributed by atoms with Crippen molar-refractivity contribution in [3.8, 4) is 11.7 Å². The Balaban J connectivity index is 1.66. The zero-order chi connectivity index (χ0) is 17.1. The number of nitrogens with zero attached hydrogens (tertiary/aromatic N) is 2. The number of nitrogens with one attached hydrogen (secondary N) is 1. The van der Waals surface area contributed by atoms with Crippen molar-refractivity contribution >= 4 is 23.4 Å². The van der Waals surface area contributed by atoms with Gasteiger partial charge in [0.15, 0.2) is 5.76 Å². The molecule has 2 aromatic heterocycles. The van der Waals surface area contributed by atoms with Crippen LogP contribution >= 0.6 is 11.8 Å². The monoisotopic (exact) mass is 351 g/mol. The molecule has 0 aliphatic heterocycles. The minimum absolute atomic E-state index is 0.137. The van der Waals surface area contributed by atoms with E-state index in [1.54, 1.807) is 19.1 Å². The molecule has 0 aliphatic rings. The van der Waals surface area contributed by atoms with E-state index < -0.39 is 28.5 Å². The Morgan fingerprint density at radius 3 is 2.62 bits per heavy atom. The molecule has 2 heterocycles. The number of amides is 1. The third kappa shape index (κ3) is 3.46. The molecule has 0 spiro atoms. The summed E-state index contributed by atoms with van der Waals surface area (Å²) in [5, 5.41) is 9.23. The molecule has 9 heteroatoms. The van der Waals surface area contributed by atoms with Crippen LogP contribution in [0.5, 0.6) is 0 Å². The van der Waals surface area contributed by atoms with Gasteiger partial charge in [-0.15, -0.1) is 10.2 Å². The molecule has 6 nitrogen and oxygen atoms in total. The van der Waals surface area contributed by atoms with E-state index in [1.165, 1.54) is 12.3 Å². The molecule has 0 bridgehead atoms. The van der Waals surface area contributed by atoms with Crippen LogP contribution in [0.25, 0.3) is 11.7 Å². The van der Waals surface area contributed by atoms with E-state index >= 15 is 0 Å². The fraction of sp³-hybridized carbons (Fsp3) is 0.133. The number of furan rings is 1. The number of thioether (sulfide) groups is 1. The lowest BCUT2D eigenvalue weighted by atomic mass is 10.3. The molecule has 1 amide bonds. The van der Waals surface area contributed by atoms with Crippen LogP contribution in [0.2, 0.25) is 0 Å². The van der Waals surface area contributed by atoms with Gasteiger partial charge in [0.25, 0.3) is 11.1 Å². The lowest BCUT2D eigenvalue weighted by molar-refractivity contribution is -0.115. The van der Waals surface area contributed by atoms with Gasteiger partial charge in [0.2, 0.25) is 5.91 Å². The van der Waals surface area contributed by atoms with Crippen LogP contribution in [0.1, 0.15) is 6.92 Å². The van der Waals surface area contributed by atoms with Crippen LogP contribution in [0.4, 0.5) is 14.5 Å². The molecule has 1 atom stereocenters. The largest absolute Gasteiger partial charge is 0.459 e. The third-order valence-corrected chi connectivity index (χ3v) is 3.93. The van der Waals surface area contributed by atoms with Gasteiger partial charge < -0.3 is 14.2 Å². The molecular weight excluding hydrogens is 340 g/mol. The number of aromatic nitrogens is 2.